The summed E-state index contributed by atoms with van der Waals surface area (Å²) in [5, 5.41) is 7.46. The predicted molar refractivity (Wildman–Crippen MR) is 84.9 cm³/mol. The molecule has 2 heterocycles. The van der Waals surface area contributed by atoms with E-state index in [1.807, 2.05) is 0 Å². The van der Waals surface area contributed by atoms with Crippen LogP contribution < -0.4 is 11.1 Å². The monoisotopic (exact) mass is 397 g/mol. The lowest BCUT2D eigenvalue weighted by Crippen LogP contribution is -2.73. The minimum absolute atomic E-state index is 0.123. The Morgan fingerprint density at radius 3 is 2.79 bits per heavy atom. The second-order valence-electron chi connectivity index (χ2n) is 4.48. The number of hydrogen-bond donors (Lipinski definition) is 3. The standard InChI is InChI=1S/C10H12ClN5O6S2/c1-22-15-6(4-3-23-10(12)13-4)8(17)14-7-5(2-11)16(9(7)18)24(19,20)21/h3,5,7H,2H2,1H3,(H2,12,13)(H,14,17)(H,19,20,21). The van der Waals surface area contributed by atoms with Crippen molar-refractivity contribution in [3.63, 3.8) is 0 Å². The number of carbonyl (C=O) groups excluding carboxylic acids is 2. The van der Waals surface area contributed by atoms with Crippen LogP contribution in [-0.4, -0.2) is 64.9 Å². The van der Waals surface area contributed by atoms with Crippen molar-refractivity contribution in [2.24, 2.45) is 5.16 Å². The highest BCUT2D eigenvalue weighted by molar-refractivity contribution is 7.84. The van der Waals surface area contributed by atoms with Crippen molar-refractivity contribution in [3.8, 4) is 0 Å². The lowest BCUT2D eigenvalue weighted by atomic mass is 10.0. The van der Waals surface area contributed by atoms with E-state index < -0.39 is 34.2 Å². The molecule has 1 aromatic rings. The van der Waals surface area contributed by atoms with Gasteiger partial charge >= 0.3 is 10.3 Å². The van der Waals surface area contributed by atoms with Gasteiger partial charge in [0.25, 0.3) is 11.8 Å². The summed E-state index contributed by atoms with van der Waals surface area (Å²) in [6.45, 7) is 0. The first-order valence-electron chi connectivity index (χ1n) is 6.20. The maximum atomic E-state index is 12.3. The van der Waals surface area contributed by atoms with E-state index in [4.69, 9.17) is 21.9 Å². The molecular weight excluding hydrogens is 386 g/mol. The van der Waals surface area contributed by atoms with Crippen LogP contribution in [-0.2, 0) is 24.7 Å². The van der Waals surface area contributed by atoms with Gasteiger partial charge in [-0.05, 0) is 0 Å². The highest BCUT2D eigenvalue weighted by Crippen LogP contribution is 2.24. The number of halogens is 1. The molecule has 2 unspecified atom stereocenters. The molecule has 1 aliphatic rings. The molecule has 132 valence electrons. The van der Waals surface area contributed by atoms with Crippen LogP contribution in [0.3, 0.4) is 0 Å². The van der Waals surface area contributed by atoms with E-state index >= 15 is 0 Å². The predicted octanol–water partition coefficient (Wildman–Crippen LogP) is -1.19. The number of nitrogens with one attached hydrogen (secondary N) is 1. The Morgan fingerprint density at radius 2 is 2.33 bits per heavy atom. The molecule has 0 bridgehead atoms. The van der Waals surface area contributed by atoms with Gasteiger partial charge in [0.05, 0.1) is 6.04 Å². The number of rotatable bonds is 6. The lowest BCUT2D eigenvalue weighted by molar-refractivity contribution is -0.143. The van der Waals surface area contributed by atoms with E-state index in [0.717, 1.165) is 11.3 Å². The molecule has 0 spiro atoms. The number of amides is 2. The van der Waals surface area contributed by atoms with Gasteiger partial charge in [-0.2, -0.15) is 8.42 Å². The van der Waals surface area contributed by atoms with Crippen molar-refractivity contribution in [2.75, 3.05) is 18.7 Å². The Hall–Kier alpha value is -1.96. The number of β-lactam (4-membered cyclic amide) rings is 1. The number of nitrogens with zero attached hydrogens (tertiary/aromatic N) is 3. The van der Waals surface area contributed by atoms with Crippen molar-refractivity contribution in [2.45, 2.75) is 12.1 Å². The van der Waals surface area contributed by atoms with Crippen LogP contribution in [0.5, 0.6) is 0 Å². The molecule has 0 aliphatic carbocycles. The molecular formula is C10H12ClN5O6S2. The fraction of sp³-hybridized carbons (Fsp3) is 0.400. The summed E-state index contributed by atoms with van der Waals surface area (Å²) >= 11 is 6.67. The van der Waals surface area contributed by atoms with Crippen molar-refractivity contribution in [1.82, 2.24) is 14.6 Å². The van der Waals surface area contributed by atoms with Crippen molar-refractivity contribution in [1.29, 1.82) is 0 Å². The van der Waals surface area contributed by atoms with Gasteiger partial charge in [-0.3, -0.25) is 14.1 Å². The Bertz CT molecular complexity index is 793. The quantitative estimate of drug-likeness (QED) is 0.177. The summed E-state index contributed by atoms with van der Waals surface area (Å²) in [7, 11) is -3.55. The molecule has 0 radical (unpaired) electrons. The first-order valence-corrected chi connectivity index (χ1v) is 9.01. The molecule has 24 heavy (non-hydrogen) atoms. The normalized spacial score (nSPS) is 21.4. The van der Waals surface area contributed by atoms with E-state index in [1.165, 1.54) is 12.5 Å². The fourth-order valence-electron chi connectivity index (χ4n) is 2.01. The molecule has 1 saturated heterocycles. The Morgan fingerprint density at radius 1 is 1.67 bits per heavy atom. The molecule has 2 amide bonds. The van der Waals surface area contributed by atoms with E-state index in [0.29, 0.717) is 0 Å². The molecule has 2 atom stereocenters. The molecule has 1 aliphatic heterocycles. The summed E-state index contributed by atoms with van der Waals surface area (Å²) < 4.78 is 31.4. The van der Waals surface area contributed by atoms with Crippen molar-refractivity contribution < 1.29 is 27.4 Å². The van der Waals surface area contributed by atoms with Crippen LogP contribution in [0.15, 0.2) is 10.5 Å². The molecule has 1 fully saturated rings. The molecule has 14 heteroatoms. The number of alkyl halides is 1. The second kappa shape index (κ2) is 6.88. The highest BCUT2D eigenvalue weighted by atomic mass is 35.5. The third-order valence-corrected chi connectivity index (χ3v) is 4.96. The summed E-state index contributed by atoms with van der Waals surface area (Å²) in [6.07, 6.45) is 0. The summed E-state index contributed by atoms with van der Waals surface area (Å²) in [6, 6.07) is -2.36. The Kier molecular flexibility index (Phi) is 5.27. The van der Waals surface area contributed by atoms with E-state index in [9.17, 15) is 18.0 Å². The van der Waals surface area contributed by atoms with E-state index in [-0.39, 0.29) is 26.7 Å². The molecule has 4 N–H and O–H groups in total. The first-order chi connectivity index (χ1) is 11.2. The van der Waals surface area contributed by atoms with E-state index in [1.54, 1.807) is 0 Å². The summed E-state index contributed by atoms with van der Waals surface area (Å²) in [4.78, 5) is 32.6. The number of anilines is 1. The average Bonchev–Trinajstić information content (AvgIpc) is 2.91. The van der Waals surface area contributed by atoms with Crippen LogP contribution in [0.1, 0.15) is 5.69 Å². The lowest BCUT2D eigenvalue weighted by Gasteiger charge is -2.43. The molecule has 0 saturated carbocycles. The maximum absolute atomic E-state index is 12.3. The van der Waals surface area contributed by atoms with Crippen LogP contribution in [0, 0.1) is 0 Å². The average molecular weight is 398 g/mol. The number of nitrogens with two attached hydrogens (primary N) is 1. The summed E-state index contributed by atoms with van der Waals surface area (Å²) in [5.74, 6) is -2.19. The Labute approximate surface area is 145 Å². The van der Waals surface area contributed by atoms with Gasteiger partial charge in [0.2, 0.25) is 0 Å². The fourth-order valence-corrected chi connectivity index (χ4v) is 3.84. The molecule has 2 rings (SSSR count). The SMILES string of the molecule is CON=C(C(=O)NC1C(=O)N(S(=O)(=O)O)C1CCl)c1csc(N)n1. The van der Waals surface area contributed by atoms with Gasteiger partial charge in [0.1, 0.15) is 18.8 Å². The van der Waals surface area contributed by atoms with Crippen LogP contribution >= 0.6 is 22.9 Å². The topological polar surface area (TPSA) is 164 Å². The van der Waals surface area contributed by atoms with Gasteiger partial charge < -0.3 is 15.9 Å². The number of oxime groups is 1. The third-order valence-electron chi connectivity index (χ3n) is 3.02. The minimum atomic E-state index is -4.76. The zero-order valence-electron chi connectivity index (χ0n) is 12.0. The van der Waals surface area contributed by atoms with Crippen molar-refractivity contribution in [3.05, 3.63) is 11.1 Å². The van der Waals surface area contributed by atoms with Gasteiger partial charge in [-0.1, -0.05) is 5.16 Å². The largest absolute Gasteiger partial charge is 0.398 e. The molecule has 11 nitrogen and oxygen atoms in total. The van der Waals surface area contributed by atoms with Gasteiger partial charge in [0, 0.05) is 11.3 Å². The number of hydrogen-bond acceptors (Lipinski definition) is 9. The van der Waals surface area contributed by atoms with Gasteiger partial charge in [0.15, 0.2) is 10.8 Å². The van der Waals surface area contributed by atoms with Crippen LogP contribution in [0.4, 0.5) is 5.13 Å². The van der Waals surface area contributed by atoms with Crippen LogP contribution in [0.2, 0.25) is 0 Å². The van der Waals surface area contributed by atoms with E-state index in [2.05, 4.69) is 20.3 Å². The van der Waals surface area contributed by atoms with Crippen LogP contribution in [0.25, 0.3) is 0 Å². The minimum Gasteiger partial charge on any atom is -0.398 e. The van der Waals surface area contributed by atoms with Gasteiger partial charge in [-0.15, -0.1) is 22.9 Å². The number of thiazole rings is 1. The van der Waals surface area contributed by atoms with Crippen molar-refractivity contribution >= 4 is 55.9 Å². The highest BCUT2D eigenvalue weighted by Gasteiger charge is 2.53. The zero-order chi connectivity index (χ0) is 18.1. The molecule has 0 aromatic carbocycles. The maximum Gasteiger partial charge on any atom is 0.362 e. The summed E-state index contributed by atoms with van der Waals surface area (Å²) in [5.41, 5.74) is 5.36. The number of carbonyl (C=O) groups is 2. The zero-order valence-corrected chi connectivity index (χ0v) is 14.4. The third kappa shape index (κ3) is 3.43. The Balaban J connectivity index is 2.19. The second-order valence-corrected chi connectivity index (χ2v) is 6.97. The van der Waals surface area contributed by atoms with Gasteiger partial charge in [-0.25, -0.2) is 9.29 Å². The smallest absolute Gasteiger partial charge is 0.362 e. The first kappa shape index (κ1) is 18.4. The molecule has 1 aromatic heterocycles. The number of nitrogen functional groups attached to an aromatic ring is 1. The number of aromatic nitrogens is 1.